The lowest BCUT2D eigenvalue weighted by Crippen LogP contribution is -2.11. The Morgan fingerprint density at radius 1 is 1.69 bits per heavy atom. The van der Waals surface area contributed by atoms with Gasteiger partial charge in [0.15, 0.2) is 5.69 Å². The van der Waals surface area contributed by atoms with Crippen LogP contribution in [0.15, 0.2) is 6.07 Å². The summed E-state index contributed by atoms with van der Waals surface area (Å²) in [7, 11) is 1.37. The number of nitrogens with two attached hydrogens (primary N) is 1. The molecule has 1 aromatic heterocycles. The molecule has 0 amide bonds. The van der Waals surface area contributed by atoms with E-state index in [2.05, 4.69) is 4.74 Å². The number of hydrogen-bond donors (Lipinski definition) is 1. The molecule has 0 aliphatic carbocycles. The molecule has 4 nitrogen and oxygen atoms in total. The minimum Gasteiger partial charge on any atom is -0.464 e. The van der Waals surface area contributed by atoms with E-state index in [1.54, 1.807) is 0 Å². The second-order valence-corrected chi connectivity index (χ2v) is 3.19. The number of aryl methyl sites for hydroxylation is 1. The molecule has 2 heterocycles. The van der Waals surface area contributed by atoms with E-state index in [0.29, 0.717) is 11.4 Å². The van der Waals surface area contributed by atoms with E-state index in [1.807, 2.05) is 10.6 Å². The number of hydrogen-bond acceptors (Lipinski definition) is 3. The van der Waals surface area contributed by atoms with Crippen LogP contribution in [0, 0.1) is 0 Å². The van der Waals surface area contributed by atoms with Crippen molar-refractivity contribution >= 4 is 11.7 Å². The van der Waals surface area contributed by atoms with Crippen molar-refractivity contribution in [1.82, 2.24) is 4.57 Å². The first-order valence-electron chi connectivity index (χ1n) is 4.30. The highest BCUT2D eigenvalue weighted by Crippen LogP contribution is 2.25. The number of aromatic nitrogens is 1. The van der Waals surface area contributed by atoms with Gasteiger partial charge < -0.3 is 15.0 Å². The molecule has 0 saturated heterocycles. The van der Waals surface area contributed by atoms with Crippen molar-refractivity contribution in [2.24, 2.45) is 0 Å². The fourth-order valence-corrected chi connectivity index (χ4v) is 1.83. The zero-order chi connectivity index (χ0) is 9.42. The number of nitrogen functional groups attached to an aromatic ring is 1. The van der Waals surface area contributed by atoms with Crippen molar-refractivity contribution in [3.8, 4) is 0 Å². The average Bonchev–Trinajstić information content (AvgIpc) is 2.62. The number of methoxy groups -OCH3 is 1. The lowest BCUT2D eigenvalue weighted by molar-refractivity contribution is 0.0590. The maximum absolute atomic E-state index is 11.3. The molecule has 0 unspecified atom stereocenters. The van der Waals surface area contributed by atoms with Crippen LogP contribution in [-0.2, 0) is 17.7 Å². The fraction of sp³-hybridized carbons (Fsp3) is 0.444. The lowest BCUT2D eigenvalue weighted by Gasteiger charge is -2.04. The Hall–Kier alpha value is -1.45. The van der Waals surface area contributed by atoms with Crippen LogP contribution in [0.25, 0.3) is 0 Å². The van der Waals surface area contributed by atoms with Gasteiger partial charge >= 0.3 is 5.97 Å². The van der Waals surface area contributed by atoms with Crippen molar-refractivity contribution in [2.45, 2.75) is 19.4 Å². The summed E-state index contributed by atoms with van der Waals surface area (Å²) >= 11 is 0. The maximum Gasteiger partial charge on any atom is 0.356 e. The predicted octanol–water partition coefficient (Wildman–Crippen LogP) is 0.803. The SMILES string of the molecule is COC(=O)c1c(N)cc2n1CCC2. The third-order valence-electron chi connectivity index (χ3n) is 2.41. The Morgan fingerprint density at radius 2 is 2.46 bits per heavy atom. The third-order valence-corrected chi connectivity index (χ3v) is 2.41. The summed E-state index contributed by atoms with van der Waals surface area (Å²) in [5.41, 5.74) is 7.88. The van der Waals surface area contributed by atoms with Gasteiger partial charge in [-0.25, -0.2) is 4.79 Å². The molecule has 2 rings (SSSR count). The Morgan fingerprint density at radius 3 is 3.15 bits per heavy atom. The maximum atomic E-state index is 11.3. The van der Waals surface area contributed by atoms with Gasteiger partial charge in [-0.3, -0.25) is 0 Å². The number of esters is 1. The fourth-order valence-electron chi connectivity index (χ4n) is 1.83. The average molecular weight is 180 g/mol. The number of carbonyl (C=O) groups is 1. The Balaban J connectivity index is 2.50. The molecule has 0 fully saturated rings. The second-order valence-electron chi connectivity index (χ2n) is 3.19. The van der Waals surface area contributed by atoms with Gasteiger partial charge in [-0.2, -0.15) is 0 Å². The largest absolute Gasteiger partial charge is 0.464 e. The highest BCUT2D eigenvalue weighted by molar-refractivity contribution is 5.93. The van der Waals surface area contributed by atoms with E-state index in [9.17, 15) is 4.79 Å². The Kier molecular flexibility index (Phi) is 1.76. The van der Waals surface area contributed by atoms with E-state index in [0.717, 1.165) is 25.1 Å². The standard InChI is InChI=1S/C9H12N2O2/c1-13-9(12)8-7(10)5-6-3-2-4-11(6)8/h5H,2-4,10H2,1H3. The minimum atomic E-state index is -0.342. The van der Waals surface area contributed by atoms with Crippen LogP contribution in [0.2, 0.25) is 0 Å². The smallest absolute Gasteiger partial charge is 0.356 e. The zero-order valence-corrected chi connectivity index (χ0v) is 7.54. The Bertz CT molecular complexity index is 355. The molecule has 13 heavy (non-hydrogen) atoms. The van der Waals surface area contributed by atoms with Crippen LogP contribution in [0.5, 0.6) is 0 Å². The van der Waals surface area contributed by atoms with Crippen molar-refractivity contribution in [3.05, 3.63) is 17.5 Å². The van der Waals surface area contributed by atoms with Gasteiger partial charge in [0.1, 0.15) is 0 Å². The molecule has 2 N–H and O–H groups in total. The quantitative estimate of drug-likeness (QED) is 0.650. The Labute approximate surface area is 76.3 Å². The third kappa shape index (κ3) is 1.09. The first-order chi connectivity index (χ1) is 6.24. The molecular weight excluding hydrogens is 168 g/mol. The van der Waals surface area contributed by atoms with Crippen molar-refractivity contribution in [3.63, 3.8) is 0 Å². The minimum absolute atomic E-state index is 0.342. The number of rotatable bonds is 1. The molecule has 1 aromatic rings. The second kappa shape index (κ2) is 2.80. The number of anilines is 1. The highest BCUT2D eigenvalue weighted by atomic mass is 16.5. The summed E-state index contributed by atoms with van der Waals surface area (Å²) in [5.74, 6) is -0.342. The molecule has 1 aliphatic heterocycles. The van der Waals surface area contributed by atoms with Crippen LogP contribution in [-0.4, -0.2) is 17.6 Å². The van der Waals surface area contributed by atoms with E-state index >= 15 is 0 Å². The van der Waals surface area contributed by atoms with Crippen LogP contribution in [0.3, 0.4) is 0 Å². The molecule has 0 radical (unpaired) electrons. The molecule has 0 bridgehead atoms. The van der Waals surface area contributed by atoms with Crippen molar-refractivity contribution in [2.75, 3.05) is 12.8 Å². The molecular formula is C9H12N2O2. The first kappa shape index (κ1) is 8.16. The monoisotopic (exact) mass is 180 g/mol. The summed E-state index contributed by atoms with van der Waals surface area (Å²) in [6, 6.07) is 1.86. The van der Waals surface area contributed by atoms with Gasteiger partial charge in [-0.15, -0.1) is 0 Å². The van der Waals surface area contributed by atoms with Gasteiger partial charge in [0.25, 0.3) is 0 Å². The molecule has 70 valence electrons. The molecule has 0 aromatic carbocycles. The number of nitrogens with zero attached hydrogens (tertiary/aromatic N) is 1. The van der Waals surface area contributed by atoms with E-state index in [-0.39, 0.29) is 5.97 Å². The molecule has 0 atom stereocenters. The molecule has 0 saturated carbocycles. The zero-order valence-electron chi connectivity index (χ0n) is 7.54. The van der Waals surface area contributed by atoms with E-state index in [4.69, 9.17) is 5.73 Å². The number of ether oxygens (including phenoxy) is 1. The topological polar surface area (TPSA) is 57.2 Å². The summed E-state index contributed by atoms with van der Waals surface area (Å²) < 4.78 is 6.61. The predicted molar refractivity (Wildman–Crippen MR) is 48.5 cm³/mol. The number of carbonyl (C=O) groups excluding carboxylic acids is 1. The number of fused-ring (bicyclic) bond motifs is 1. The summed E-state index contributed by atoms with van der Waals surface area (Å²) in [4.78, 5) is 11.3. The van der Waals surface area contributed by atoms with E-state index < -0.39 is 0 Å². The molecule has 0 spiro atoms. The summed E-state index contributed by atoms with van der Waals surface area (Å²) in [6.45, 7) is 0.872. The highest BCUT2D eigenvalue weighted by Gasteiger charge is 2.22. The van der Waals surface area contributed by atoms with Crippen LogP contribution < -0.4 is 5.73 Å². The van der Waals surface area contributed by atoms with Gasteiger partial charge in [0.2, 0.25) is 0 Å². The van der Waals surface area contributed by atoms with Crippen molar-refractivity contribution < 1.29 is 9.53 Å². The van der Waals surface area contributed by atoms with Gasteiger partial charge in [-0.1, -0.05) is 0 Å². The van der Waals surface area contributed by atoms with E-state index in [1.165, 1.54) is 7.11 Å². The first-order valence-corrected chi connectivity index (χ1v) is 4.30. The lowest BCUT2D eigenvalue weighted by atomic mass is 10.2. The van der Waals surface area contributed by atoms with Crippen molar-refractivity contribution in [1.29, 1.82) is 0 Å². The normalized spacial score (nSPS) is 14.2. The summed E-state index contributed by atoms with van der Waals surface area (Å²) in [5, 5.41) is 0. The summed E-state index contributed by atoms with van der Waals surface area (Å²) in [6.07, 6.45) is 2.08. The van der Waals surface area contributed by atoms with Gasteiger partial charge in [-0.05, 0) is 18.9 Å². The van der Waals surface area contributed by atoms with Gasteiger partial charge in [0, 0.05) is 12.2 Å². The molecule has 4 heteroatoms. The van der Waals surface area contributed by atoms with Gasteiger partial charge in [0.05, 0.1) is 12.8 Å². The van der Waals surface area contributed by atoms with Crippen LogP contribution in [0.4, 0.5) is 5.69 Å². The van der Waals surface area contributed by atoms with Crippen LogP contribution >= 0.6 is 0 Å². The molecule has 1 aliphatic rings. The van der Waals surface area contributed by atoms with Crippen LogP contribution in [0.1, 0.15) is 22.6 Å².